The second-order valence-electron chi connectivity index (χ2n) is 5.27. The quantitative estimate of drug-likeness (QED) is 0.867. The SMILES string of the molecule is Cc1cccc(-c2nc(CSC3CCCC3)no2)c1N. The van der Waals surface area contributed by atoms with Crippen molar-refractivity contribution in [1.82, 2.24) is 10.1 Å². The van der Waals surface area contributed by atoms with E-state index in [2.05, 4.69) is 10.1 Å². The van der Waals surface area contributed by atoms with Gasteiger partial charge in [-0.1, -0.05) is 30.1 Å². The number of nitrogens with two attached hydrogens (primary N) is 1. The molecule has 0 radical (unpaired) electrons. The zero-order chi connectivity index (χ0) is 13.9. The minimum atomic E-state index is 0.522. The Hall–Kier alpha value is -1.49. The van der Waals surface area contributed by atoms with Crippen molar-refractivity contribution in [1.29, 1.82) is 0 Å². The highest BCUT2D eigenvalue weighted by Crippen LogP contribution is 2.32. The van der Waals surface area contributed by atoms with Crippen molar-refractivity contribution in [2.45, 2.75) is 43.6 Å². The first-order valence-corrected chi connectivity index (χ1v) is 8.08. The van der Waals surface area contributed by atoms with E-state index < -0.39 is 0 Å². The highest BCUT2D eigenvalue weighted by Gasteiger charge is 2.17. The molecule has 106 valence electrons. The van der Waals surface area contributed by atoms with Gasteiger partial charge in [0.05, 0.1) is 11.3 Å². The minimum absolute atomic E-state index is 0.522. The normalized spacial score (nSPS) is 15.8. The fourth-order valence-corrected chi connectivity index (χ4v) is 3.71. The topological polar surface area (TPSA) is 64.9 Å². The first-order valence-electron chi connectivity index (χ1n) is 7.03. The second kappa shape index (κ2) is 5.87. The molecule has 1 aliphatic rings. The maximum Gasteiger partial charge on any atom is 0.260 e. The third-order valence-corrected chi connectivity index (χ3v) is 5.14. The van der Waals surface area contributed by atoms with Crippen LogP contribution >= 0.6 is 11.8 Å². The van der Waals surface area contributed by atoms with Crippen LogP contribution in [0.4, 0.5) is 5.69 Å². The zero-order valence-electron chi connectivity index (χ0n) is 11.6. The van der Waals surface area contributed by atoms with Crippen LogP contribution < -0.4 is 5.73 Å². The first-order chi connectivity index (χ1) is 9.74. The van der Waals surface area contributed by atoms with Gasteiger partial charge in [-0.15, -0.1) is 0 Å². The Balaban J connectivity index is 1.71. The molecule has 2 aromatic rings. The summed E-state index contributed by atoms with van der Waals surface area (Å²) in [7, 11) is 0. The average Bonchev–Trinajstić information content (AvgIpc) is 3.10. The van der Waals surface area contributed by atoms with Crippen molar-refractivity contribution in [2.24, 2.45) is 0 Å². The molecule has 5 heteroatoms. The summed E-state index contributed by atoms with van der Waals surface area (Å²) in [6.07, 6.45) is 5.35. The molecular formula is C15H19N3OS. The molecule has 3 rings (SSSR count). The van der Waals surface area contributed by atoms with Gasteiger partial charge in [0.2, 0.25) is 0 Å². The Kier molecular flexibility index (Phi) is 3.96. The minimum Gasteiger partial charge on any atom is -0.398 e. The molecule has 0 bridgehead atoms. The van der Waals surface area contributed by atoms with E-state index in [1.807, 2.05) is 36.9 Å². The number of hydrogen-bond acceptors (Lipinski definition) is 5. The molecule has 20 heavy (non-hydrogen) atoms. The molecule has 0 spiro atoms. The lowest BCUT2D eigenvalue weighted by molar-refractivity contribution is 0.425. The van der Waals surface area contributed by atoms with Gasteiger partial charge in [0.25, 0.3) is 5.89 Å². The summed E-state index contributed by atoms with van der Waals surface area (Å²) >= 11 is 1.94. The Morgan fingerprint density at radius 1 is 1.35 bits per heavy atom. The summed E-state index contributed by atoms with van der Waals surface area (Å²) in [4.78, 5) is 4.46. The van der Waals surface area contributed by atoms with Gasteiger partial charge in [-0.3, -0.25) is 0 Å². The molecule has 2 N–H and O–H groups in total. The average molecular weight is 289 g/mol. The fourth-order valence-electron chi connectivity index (χ4n) is 2.54. The van der Waals surface area contributed by atoms with Crippen LogP contribution in [0.15, 0.2) is 22.7 Å². The summed E-state index contributed by atoms with van der Waals surface area (Å²) in [5.74, 6) is 2.10. The molecule has 1 heterocycles. The van der Waals surface area contributed by atoms with Crippen molar-refractivity contribution in [3.05, 3.63) is 29.6 Å². The number of aryl methyl sites for hydroxylation is 1. The van der Waals surface area contributed by atoms with Gasteiger partial charge in [-0.05, 0) is 31.4 Å². The molecule has 1 aromatic heterocycles. The van der Waals surface area contributed by atoms with E-state index in [1.54, 1.807) is 0 Å². The monoisotopic (exact) mass is 289 g/mol. The summed E-state index contributed by atoms with van der Waals surface area (Å²) in [5.41, 5.74) is 8.64. The molecule has 0 unspecified atom stereocenters. The number of benzene rings is 1. The summed E-state index contributed by atoms with van der Waals surface area (Å²) in [5, 5.41) is 4.83. The van der Waals surface area contributed by atoms with Crippen LogP contribution in [0.1, 0.15) is 37.1 Å². The molecule has 0 saturated heterocycles. The summed E-state index contributed by atoms with van der Waals surface area (Å²) in [6.45, 7) is 1.98. The van der Waals surface area contributed by atoms with E-state index in [-0.39, 0.29) is 0 Å². The summed E-state index contributed by atoms with van der Waals surface area (Å²) < 4.78 is 5.35. The predicted molar refractivity (Wildman–Crippen MR) is 82.4 cm³/mol. The van der Waals surface area contributed by atoms with E-state index in [0.717, 1.165) is 28.0 Å². The lowest BCUT2D eigenvalue weighted by atomic mass is 10.1. The number of anilines is 1. The second-order valence-corrected chi connectivity index (χ2v) is 6.56. The lowest BCUT2D eigenvalue weighted by Crippen LogP contribution is -1.96. The standard InChI is InChI=1S/C15H19N3OS/c1-10-5-4-8-12(14(10)16)15-17-13(18-19-15)9-20-11-6-2-3-7-11/h4-5,8,11H,2-3,6-7,9,16H2,1H3. The van der Waals surface area contributed by atoms with E-state index in [4.69, 9.17) is 10.3 Å². The molecule has 1 aliphatic carbocycles. The van der Waals surface area contributed by atoms with Crippen molar-refractivity contribution < 1.29 is 4.52 Å². The number of rotatable bonds is 4. The first kappa shape index (κ1) is 13.5. The lowest BCUT2D eigenvalue weighted by Gasteiger charge is -2.05. The predicted octanol–water partition coefficient (Wildman–Crippen LogP) is 3.80. The van der Waals surface area contributed by atoms with Crippen LogP contribution in [-0.4, -0.2) is 15.4 Å². The molecule has 1 saturated carbocycles. The van der Waals surface area contributed by atoms with E-state index >= 15 is 0 Å². The zero-order valence-corrected chi connectivity index (χ0v) is 12.4. The van der Waals surface area contributed by atoms with Crippen molar-refractivity contribution in [3.63, 3.8) is 0 Å². The molecule has 0 amide bonds. The van der Waals surface area contributed by atoms with Crippen LogP contribution in [0.3, 0.4) is 0 Å². The van der Waals surface area contributed by atoms with Gasteiger partial charge in [0.1, 0.15) is 0 Å². The number of nitrogen functional groups attached to an aromatic ring is 1. The van der Waals surface area contributed by atoms with Crippen molar-refractivity contribution in [2.75, 3.05) is 5.73 Å². The number of nitrogens with zero attached hydrogens (tertiary/aromatic N) is 2. The number of thioether (sulfide) groups is 1. The van der Waals surface area contributed by atoms with Crippen LogP contribution in [0.2, 0.25) is 0 Å². The van der Waals surface area contributed by atoms with Gasteiger partial charge in [-0.25, -0.2) is 0 Å². The largest absolute Gasteiger partial charge is 0.398 e. The molecule has 1 fully saturated rings. The molecule has 0 atom stereocenters. The Morgan fingerprint density at radius 2 is 2.15 bits per heavy atom. The fraction of sp³-hybridized carbons (Fsp3) is 0.467. The number of aromatic nitrogens is 2. The van der Waals surface area contributed by atoms with E-state index in [1.165, 1.54) is 25.7 Å². The van der Waals surface area contributed by atoms with Crippen LogP contribution in [0.5, 0.6) is 0 Å². The van der Waals surface area contributed by atoms with Gasteiger partial charge < -0.3 is 10.3 Å². The smallest absolute Gasteiger partial charge is 0.260 e. The van der Waals surface area contributed by atoms with Gasteiger partial charge >= 0.3 is 0 Å². The molecular weight excluding hydrogens is 270 g/mol. The maximum atomic E-state index is 6.06. The number of para-hydroxylation sites is 1. The molecule has 1 aromatic carbocycles. The Morgan fingerprint density at radius 3 is 2.95 bits per heavy atom. The van der Waals surface area contributed by atoms with Gasteiger partial charge in [-0.2, -0.15) is 16.7 Å². The highest BCUT2D eigenvalue weighted by atomic mass is 32.2. The molecule has 0 aliphatic heterocycles. The third kappa shape index (κ3) is 2.82. The molecule has 4 nitrogen and oxygen atoms in total. The number of hydrogen-bond donors (Lipinski definition) is 1. The highest BCUT2D eigenvalue weighted by molar-refractivity contribution is 7.99. The van der Waals surface area contributed by atoms with Crippen LogP contribution in [0.25, 0.3) is 11.5 Å². The van der Waals surface area contributed by atoms with Crippen LogP contribution in [-0.2, 0) is 5.75 Å². The Labute approximate surface area is 123 Å². The Bertz CT molecular complexity index is 591. The van der Waals surface area contributed by atoms with Gasteiger partial charge in [0, 0.05) is 10.9 Å². The van der Waals surface area contributed by atoms with Crippen LogP contribution in [0, 0.1) is 6.92 Å². The van der Waals surface area contributed by atoms with Crippen molar-refractivity contribution in [3.8, 4) is 11.5 Å². The van der Waals surface area contributed by atoms with Crippen molar-refractivity contribution >= 4 is 17.4 Å². The van der Waals surface area contributed by atoms with Gasteiger partial charge in [0.15, 0.2) is 5.82 Å². The summed E-state index contributed by atoms with van der Waals surface area (Å²) in [6, 6.07) is 5.86. The van der Waals surface area contributed by atoms with E-state index in [0.29, 0.717) is 11.6 Å². The third-order valence-electron chi connectivity index (χ3n) is 3.77. The van der Waals surface area contributed by atoms with E-state index in [9.17, 15) is 0 Å². The maximum absolute atomic E-state index is 6.06.